The number of ether oxygens (including phenoxy) is 2. The molecule has 0 radical (unpaired) electrons. The average molecular weight is 477 g/mol. The predicted molar refractivity (Wildman–Crippen MR) is 134 cm³/mol. The zero-order chi connectivity index (χ0) is 24.9. The zero-order valence-corrected chi connectivity index (χ0v) is 20.7. The summed E-state index contributed by atoms with van der Waals surface area (Å²) in [6.45, 7) is 3.94. The molecule has 1 aromatic heterocycles. The highest BCUT2D eigenvalue weighted by Gasteiger charge is 2.36. The van der Waals surface area contributed by atoms with E-state index in [4.69, 9.17) is 13.9 Å². The van der Waals surface area contributed by atoms with Crippen LogP contribution in [-0.4, -0.2) is 32.1 Å². The number of amides is 2. The Balaban J connectivity index is 1.87. The Morgan fingerprint density at radius 1 is 0.971 bits per heavy atom. The summed E-state index contributed by atoms with van der Waals surface area (Å²) in [4.78, 5) is 29.3. The van der Waals surface area contributed by atoms with E-state index >= 15 is 0 Å². The third kappa shape index (κ3) is 5.34. The van der Waals surface area contributed by atoms with E-state index in [0.717, 1.165) is 36.8 Å². The maximum absolute atomic E-state index is 13.9. The minimum Gasteiger partial charge on any atom is -0.493 e. The maximum Gasteiger partial charge on any atom is 0.294 e. The number of anilines is 1. The molecule has 3 aromatic rings. The number of furan rings is 1. The number of methoxy groups -OCH3 is 2. The van der Waals surface area contributed by atoms with Crippen molar-refractivity contribution in [1.82, 2.24) is 5.32 Å². The largest absolute Gasteiger partial charge is 0.493 e. The molecule has 184 valence electrons. The summed E-state index contributed by atoms with van der Waals surface area (Å²) in [6, 6.07) is 13.6. The molecule has 35 heavy (non-hydrogen) atoms. The van der Waals surface area contributed by atoms with Crippen LogP contribution >= 0.6 is 0 Å². The number of hydrogen-bond acceptors (Lipinski definition) is 5. The van der Waals surface area contributed by atoms with Gasteiger partial charge in [-0.3, -0.25) is 14.5 Å². The van der Waals surface area contributed by atoms with Gasteiger partial charge in [-0.05, 0) is 79.8 Å². The van der Waals surface area contributed by atoms with Crippen LogP contribution in [0.1, 0.15) is 59.0 Å². The number of benzene rings is 2. The minimum atomic E-state index is -0.950. The van der Waals surface area contributed by atoms with E-state index in [2.05, 4.69) is 5.32 Å². The third-order valence-corrected chi connectivity index (χ3v) is 6.37. The zero-order valence-electron chi connectivity index (χ0n) is 20.7. The van der Waals surface area contributed by atoms with Crippen molar-refractivity contribution >= 4 is 17.5 Å². The van der Waals surface area contributed by atoms with Crippen LogP contribution in [0.4, 0.5) is 5.69 Å². The predicted octanol–water partition coefficient (Wildman–Crippen LogP) is 5.36. The van der Waals surface area contributed by atoms with Crippen LogP contribution in [0, 0.1) is 13.8 Å². The Morgan fingerprint density at radius 2 is 1.66 bits per heavy atom. The first kappa shape index (κ1) is 24.4. The van der Waals surface area contributed by atoms with E-state index < -0.39 is 11.9 Å². The smallest absolute Gasteiger partial charge is 0.294 e. The van der Waals surface area contributed by atoms with Gasteiger partial charge in [0, 0.05) is 11.7 Å². The number of carbonyl (C=O) groups is 2. The van der Waals surface area contributed by atoms with E-state index in [9.17, 15) is 9.59 Å². The summed E-state index contributed by atoms with van der Waals surface area (Å²) in [5, 5.41) is 3.19. The van der Waals surface area contributed by atoms with Gasteiger partial charge in [0.25, 0.3) is 5.91 Å². The highest BCUT2D eigenvalue weighted by molar-refractivity contribution is 6.08. The van der Waals surface area contributed by atoms with Gasteiger partial charge in [-0.15, -0.1) is 0 Å². The van der Waals surface area contributed by atoms with Crippen molar-refractivity contribution in [2.45, 2.75) is 51.6 Å². The summed E-state index contributed by atoms with van der Waals surface area (Å²) >= 11 is 0. The molecule has 0 spiro atoms. The van der Waals surface area contributed by atoms with E-state index in [-0.39, 0.29) is 17.7 Å². The van der Waals surface area contributed by atoms with Gasteiger partial charge < -0.3 is 19.2 Å². The number of nitrogens with zero attached hydrogens (tertiary/aromatic N) is 1. The lowest BCUT2D eigenvalue weighted by atomic mass is 10.00. The van der Waals surface area contributed by atoms with Crippen molar-refractivity contribution in [3.05, 3.63) is 77.2 Å². The van der Waals surface area contributed by atoms with Gasteiger partial charge in [-0.25, -0.2) is 0 Å². The van der Waals surface area contributed by atoms with Crippen LogP contribution in [-0.2, 0) is 4.79 Å². The van der Waals surface area contributed by atoms with Crippen molar-refractivity contribution < 1.29 is 23.5 Å². The Bertz CT molecular complexity index is 1160. The van der Waals surface area contributed by atoms with Crippen LogP contribution in [0.2, 0.25) is 0 Å². The quantitative estimate of drug-likeness (QED) is 0.473. The van der Waals surface area contributed by atoms with Gasteiger partial charge in [-0.1, -0.05) is 25.0 Å². The second-order valence-corrected chi connectivity index (χ2v) is 9.01. The standard InChI is InChI=1S/C28H32N2O5/c1-18-14-19(2)16-22(15-18)30(28(32)24-10-7-13-35-24)26(27(31)29-21-8-5-6-9-21)20-11-12-23(33-3)25(17-20)34-4/h7,10-17,21,26H,5-6,8-9H2,1-4H3,(H,29,31). The van der Waals surface area contributed by atoms with Crippen molar-refractivity contribution in [2.24, 2.45) is 0 Å². The maximum atomic E-state index is 13.9. The van der Waals surface area contributed by atoms with Crippen LogP contribution in [0.3, 0.4) is 0 Å². The van der Waals surface area contributed by atoms with E-state index in [1.54, 1.807) is 44.6 Å². The van der Waals surface area contributed by atoms with Gasteiger partial charge >= 0.3 is 0 Å². The van der Waals surface area contributed by atoms with Crippen LogP contribution in [0.25, 0.3) is 0 Å². The topological polar surface area (TPSA) is 81.0 Å². The van der Waals surface area contributed by atoms with Gasteiger partial charge in [0.1, 0.15) is 6.04 Å². The van der Waals surface area contributed by atoms with Gasteiger partial charge in [-0.2, -0.15) is 0 Å². The summed E-state index contributed by atoms with van der Waals surface area (Å²) in [7, 11) is 3.11. The van der Waals surface area contributed by atoms with Crippen molar-refractivity contribution in [3.8, 4) is 11.5 Å². The first-order valence-corrected chi connectivity index (χ1v) is 11.9. The van der Waals surface area contributed by atoms with Crippen LogP contribution in [0.5, 0.6) is 11.5 Å². The normalized spacial score (nSPS) is 14.4. The number of nitrogens with one attached hydrogen (secondary N) is 1. The fourth-order valence-corrected chi connectivity index (χ4v) is 4.78. The van der Waals surface area contributed by atoms with Crippen LogP contribution < -0.4 is 19.7 Å². The minimum absolute atomic E-state index is 0.0879. The van der Waals surface area contributed by atoms with Gasteiger partial charge in [0.2, 0.25) is 5.91 Å². The lowest BCUT2D eigenvalue weighted by molar-refractivity contribution is -0.123. The molecular weight excluding hydrogens is 444 g/mol. The SMILES string of the molecule is COc1ccc(C(C(=O)NC2CCCC2)N(C(=O)c2ccco2)c2cc(C)cc(C)c2)cc1OC. The number of rotatable bonds is 8. The first-order chi connectivity index (χ1) is 16.9. The summed E-state index contributed by atoms with van der Waals surface area (Å²) in [6.07, 6.45) is 5.48. The molecule has 4 rings (SSSR count). The first-order valence-electron chi connectivity index (χ1n) is 11.9. The molecule has 1 aliphatic carbocycles. The Kier molecular flexibility index (Phi) is 7.44. The molecule has 1 aliphatic rings. The molecule has 2 amide bonds. The molecule has 1 unspecified atom stereocenters. The molecule has 1 saturated carbocycles. The van der Waals surface area contributed by atoms with E-state index in [1.807, 2.05) is 32.0 Å². The summed E-state index contributed by atoms with van der Waals surface area (Å²) in [5.41, 5.74) is 3.20. The molecule has 1 heterocycles. The van der Waals surface area contributed by atoms with E-state index in [1.165, 1.54) is 11.2 Å². The number of carbonyl (C=O) groups excluding carboxylic acids is 2. The van der Waals surface area contributed by atoms with Gasteiger partial charge in [0.05, 0.1) is 20.5 Å². The number of aryl methyl sites for hydroxylation is 2. The average Bonchev–Trinajstić information content (AvgIpc) is 3.55. The fraction of sp³-hybridized carbons (Fsp3) is 0.357. The lowest BCUT2D eigenvalue weighted by Gasteiger charge is -2.32. The lowest BCUT2D eigenvalue weighted by Crippen LogP contribution is -2.46. The van der Waals surface area contributed by atoms with E-state index in [0.29, 0.717) is 22.7 Å². The molecule has 2 aromatic carbocycles. The second kappa shape index (κ2) is 10.7. The molecule has 0 aliphatic heterocycles. The third-order valence-electron chi connectivity index (χ3n) is 6.37. The second-order valence-electron chi connectivity index (χ2n) is 9.01. The Morgan fingerprint density at radius 3 is 2.26 bits per heavy atom. The highest BCUT2D eigenvalue weighted by atomic mass is 16.5. The molecule has 0 saturated heterocycles. The van der Waals surface area contributed by atoms with Crippen molar-refractivity contribution in [1.29, 1.82) is 0 Å². The Labute approximate surface area is 206 Å². The molecule has 0 bridgehead atoms. The van der Waals surface area contributed by atoms with Crippen molar-refractivity contribution in [3.63, 3.8) is 0 Å². The highest BCUT2D eigenvalue weighted by Crippen LogP contribution is 2.36. The van der Waals surface area contributed by atoms with Crippen molar-refractivity contribution in [2.75, 3.05) is 19.1 Å². The van der Waals surface area contributed by atoms with Gasteiger partial charge in [0.15, 0.2) is 17.3 Å². The fourth-order valence-electron chi connectivity index (χ4n) is 4.78. The van der Waals surface area contributed by atoms with Crippen LogP contribution in [0.15, 0.2) is 59.2 Å². The monoisotopic (exact) mass is 476 g/mol. The summed E-state index contributed by atoms with van der Waals surface area (Å²) < 4.78 is 16.4. The Hall–Kier alpha value is -3.74. The molecule has 1 fully saturated rings. The molecule has 7 heteroatoms. The summed E-state index contributed by atoms with van der Waals surface area (Å²) in [5.74, 6) is 0.531. The molecule has 1 N–H and O–H groups in total. The molecular formula is C28H32N2O5. The molecule has 1 atom stereocenters. The molecule has 7 nitrogen and oxygen atoms in total. The number of hydrogen-bond donors (Lipinski definition) is 1.